The number of hydrogen-bond donors (Lipinski definition) is 1. The highest BCUT2D eigenvalue weighted by atomic mass is 32.2. The molecule has 1 aromatic rings. The van der Waals surface area contributed by atoms with Gasteiger partial charge in [-0.15, -0.1) is 0 Å². The van der Waals surface area contributed by atoms with E-state index in [-0.39, 0.29) is 19.0 Å². The molecule has 0 aromatic heterocycles. The Hall–Kier alpha value is -1.79. The second-order valence-electron chi connectivity index (χ2n) is 5.36. The zero-order chi connectivity index (χ0) is 17.1. The number of nitriles is 1. The van der Waals surface area contributed by atoms with Crippen molar-refractivity contribution in [2.75, 3.05) is 25.0 Å². The van der Waals surface area contributed by atoms with Crippen LogP contribution in [0.1, 0.15) is 18.4 Å². The van der Waals surface area contributed by atoms with Crippen molar-refractivity contribution in [3.63, 3.8) is 0 Å². The van der Waals surface area contributed by atoms with Gasteiger partial charge in [0.15, 0.2) is 0 Å². The van der Waals surface area contributed by atoms with Crippen molar-refractivity contribution in [2.24, 2.45) is 5.92 Å². The van der Waals surface area contributed by atoms with Crippen LogP contribution in [0.25, 0.3) is 0 Å². The van der Waals surface area contributed by atoms with Crippen molar-refractivity contribution < 1.29 is 21.6 Å². The summed E-state index contributed by atoms with van der Waals surface area (Å²) in [5.74, 6) is 0.102. The smallest absolute Gasteiger partial charge is 0.385 e. The van der Waals surface area contributed by atoms with E-state index in [4.69, 9.17) is 5.26 Å². The van der Waals surface area contributed by atoms with Crippen LogP contribution in [-0.2, 0) is 10.0 Å². The molecule has 0 spiro atoms. The highest BCUT2D eigenvalue weighted by Gasteiger charge is 2.50. The molecule has 5 nitrogen and oxygen atoms in total. The molecule has 0 amide bonds. The molecule has 0 unspecified atom stereocenters. The third kappa shape index (κ3) is 4.14. The van der Waals surface area contributed by atoms with Crippen molar-refractivity contribution >= 4 is 15.7 Å². The molecule has 1 fully saturated rings. The van der Waals surface area contributed by atoms with Crippen LogP contribution in [0.3, 0.4) is 0 Å². The Morgan fingerprint density at radius 2 is 1.78 bits per heavy atom. The molecule has 0 aliphatic carbocycles. The quantitative estimate of drug-likeness (QED) is 0.908. The Morgan fingerprint density at radius 3 is 2.26 bits per heavy atom. The summed E-state index contributed by atoms with van der Waals surface area (Å²) >= 11 is 0. The number of rotatable bonds is 4. The van der Waals surface area contributed by atoms with Crippen LogP contribution in [0.15, 0.2) is 24.3 Å². The Labute approximate surface area is 132 Å². The molecule has 1 heterocycles. The summed E-state index contributed by atoms with van der Waals surface area (Å²) in [5, 5.41) is 11.9. The van der Waals surface area contributed by atoms with Gasteiger partial charge in [0.2, 0.25) is 0 Å². The molecular weight excluding hydrogens is 331 g/mol. The van der Waals surface area contributed by atoms with Crippen molar-refractivity contribution in [2.45, 2.75) is 18.3 Å². The van der Waals surface area contributed by atoms with E-state index in [1.807, 2.05) is 6.07 Å². The minimum absolute atomic E-state index is 0.102. The zero-order valence-corrected chi connectivity index (χ0v) is 13.0. The minimum Gasteiger partial charge on any atom is -0.385 e. The van der Waals surface area contributed by atoms with E-state index >= 15 is 0 Å². The lowest BCUT2D eigenvalue weighted by atomic mass is 9.98. The van der Waals surface area contributed by atoms with Crippen LogP contribution < -0.4 is 5.32 Å². The predicted molar refractivity (Wildman–Crippen MR) is 78.9 cm³/mol. The lowest BCUT2D eigenvalue weighted by molar-refractivity contribution is -0.0496. The van der Waals surface area contributed by atoms with E-state index in [2.05, 4.69) is 5.32 Å². The second kappa shape index (κ2) is 6.76. The molecule has 1 aromatic carbocycles. The van der Waals surface area contributed by atoms with Gasteiger partial charge in [-0.3, -0.25) is 0 Å². The van der Waals surface area contributed by atoms with Gasteiger partial charge < -0.3 is 5.32 Å². The molecular formula is C14H16F3N3O2S. The van der Waals surface area contributed by atoms with Crippen molar-refractivity contribution in [3.8, 4) is 6.07 Å². The minimum atomic E-state index is -5.24. The number of nitrogens with zero attached hydrogens (tertiary/aromatic N) is 2. The molecule has 0 radical (unpaired) electrons. The van der Waals surface area contributed by atoms with Gasteiger partial charge in [0.1, 0.15) is 0 Å². The van der Waals surface area contributed by atoms with E-state index in [9.17, 15) is 21.6 Å². The van der Waals surface area contributed by atoms with E-state index in [0.29, 0.717) is 29.3 Å². The molecule has 0 saturated carbocycles. The number of alkyl halides is 3. The number of anilines is 1. The summed E-state index contributed by atoms with van der Waals surface area (Å²) in [6.07, 6.45) is 0.747. The first-order valence-corrected chi connectivity index (χ1v) is 8.48. The lowest BCUT2D eigenvalue weighted by Crippen LogP contribution is -2.45. The molecule has 1 aliphatic heterocycles. The number of benzene rings is 1. The topological polar surface area (TPSA) is 73.2 Å². The van der Waals surface area contributed by atoms with Crippen molar-refractivity contribution in [3.05, 3.63) is 29.8 Å². The van der Waals surface area contributed by atoms with Gasteiger partial charge in [0.25, 0.3) is 0 Å². The van der Waals surface area contributed by atoms with Crippen LogP contribution in [0, 0.1) is 17.2 Å². The largest absolute Gasteiger partial charge is 0.511 e. The number of nitrogens with one attached hydrogen (secondary N) is 1. The fraction of sp³-hybridized carbons (Fsp3) is 0.500. The number of halogens is 3. The van der Waals surface area contributed by atoms with Crippen molar-refractivity contribution in [1.29, 1.82) is 5.26 Å². The first-order valence-electron chi connectivity index (χ1n) is 7.04. The van der Waals surface area contributed by atoms with Crippen LogP contribution in [0.5, 0.6) is 0 Å². The Morgan fingerprint density at radius 1 is 1.22 bits per heavy atom. The first-order chi connectivity index (χ1) is 10.7. The molecule has 1 N–H and O–H groups in total. The Bertz CT molecular complexity index is 673. The number of sulfonamides is 1. The predicted octanol–water partition coefficient (Wildman–Crippen LogP) is 2.53. The lowest BCUT2D eigenvalue weighted by Gasteiger charge is -2.31. The SMILES string of the molecule is N#Cc1ccc(NCC2CCN(S(=O)(=O)C(F)(F)F)CC2)cc1. The van der Waals surface area contributed by atoms with E-state index in [1.54, 1.807) is 24.3 Å². The average molecular weight is 347 g/mol. The maximum absolute atomic E-state index is 12.5. The van der Waals surface area contributed by atoms with Crippen LogP contribution in [-0.4, -0.2) is 37.9 Å². The van der Waals surface area contributed by atoms with Gasteiger partial charge in [-0.25, -0.2) is 8.42 Å². The third-order valence-corrected chi connectivity index (χ3v) is 5.44. The fourth-order valence-electron chi connectivity index (χ4n) is 2.42. The van der Waals surface area contributed by atoms with Gasteiger partial charge in [-0.2, -0.15) is 22.7 Å². The van der Waals surface area contributed by atoms with Gasteiger partial charge in [0, 0.05) is 25.3 Å². The van der Waals surface area contributed by atoms with Crippen LogP contribution in [0.2, 0.25) is 0 Å². The summed E-state index contributed by atoms with van der Waals surface area (Å²) in [5.41, 5.74) is -3.88. The second-order valence-corrected chi connectivity index (χ2v) is 7.29. The Kier molecular flexibility index (Phi) is 5.16. The normalized spacial score (nSPS) is 17.7. The fourth-order valence-corrected chi connectivity index (χ4v) is 3.41. The van der Waals surface area contributed by atoms with Gasteiger partial charge in [-0.05, 0) is 43.0 Å². The van der Waals surface area contributed by atoms with E-state index in [1.165, 1.54) is 0 Å². The monoisotopic (exact) mass is 347 g/mol. The van der Waals surface area contributed by atoms with E-state index in [0.717, 1.165) is 5.69 Å². The summed E-state index contributed by atoms with van der Waals surface area (Å²) in [6, 6.07) is 8.85. The zero-order valence-electron chi connectivity index (χ0n) is 12.2. The van der Waals surface area contributed by atoms with Crippen LogP contribution >= 0.6 is 0 Å². The van der Waals surface area contributed by atoms with Crippen LogP contribution in [0.4, 0.5) is 18.9 Å². The van der Waals surface area contributed by atoms with Gasteiger partial charge >= 0.3 is 15.5 Å². The summed E-state index contributed by atoms with van der Waals surface area (Å²) < 4.78 is 60.6. The number of hydrogen-bond acceptors (Lipinski definition) is 4. The van der Waals surface area contributed by atoms with Crippen molar-refractivity contribution in [1.82, 2.24) is 4.31 Å². The molecule has 126 valence electrons. The molecule has 9 heteroatoms. The maximum Gasteiger partial charge on any atom is 0.511 e. The molecule has 1 saturated heterocycles. The first kappa shape index (κ1) is 17.6. The highest BCUT2D eigenvalue weighted by Crippen LogP contribution is 2.30. The Balaban J connectivity index is 1.84. The van der Waals surface area contributed by atoms with Gasteiger partial charge in [-0.1, -0.05) is 0 Å². The molecule has 0 bridgehead atoms. The summed E-state index contributed by atoms with van der Waals surface area (Å²) in [7, 11) is -5.22. The number of piperidine rings is 1. The van der Waals surface area contributed by atoms with Gasteiger partial charge in [0.05, 0.1) is 11.6 Å². The molecule has 2 rings (SSSR count). The molecule has 23 heavy (non-hydrogen) atoms. The summed E-state index contributed by atoms with van der Waals surface area (Å²) in [4.78, 5) is 0. The summed E-state index contributed by atoms with van der Waals surface area (Å²) in [6.45, 7) is 0.301. The maximum atomic E-state index is 12.5. The highest BCUT2D eigenvalue weighted by molar-refractivity contribution is 7.90. The average Bonchev–Trinajstić information content (AvgIpc) is 2.53. The standard InChI is InChI=1S/C14H16F3N3O2S/c15-14(16,17)23(21,22)20-7-5-12(6-8-20)10-19-13-3-1-11(9-18)2-4-13/h1-4,12,19H,5-8,10H2. The molecule has 1 aliphatic rings. The van der Waals surface area contributed by atoms with E-state index < -0.39 is 15.5 Å². The molecule has 0 atom stereocenters. The third-order valence-electron chi connectivity index (χ3n) is 3.81.